The second kappa shape index (κ2) is 7.97. The number of fused-ring (bicyclic) bond motifs is 3. The molecule has 0 radical (unpaired) electrons. The Bertz CT molecular complexity index is 901. The molecule has 0 amide bonds. The summed E-state index contributed by atoms with van der Waals surface area (Å²) in [4.78, 5) is 36.3. The fourth-order valence-electron chi connectivity index (χ4n) is 8.22. The van der Waals surface area contributed by atoms with Gasteiger partial charge in [-0.1, -0.05) is 19.4 Å². The van der Waals surface area contributed by atoms with Crippen LogP contribution in [0.25, 0.3) is 0 Å². The minimum Gasteiger partial charge on any atom is -0.550 e. The fraction of sp³-hybridized carbons (Fsp3) is 0.792. The summed E-state index contributed by atoms with van der Waals surface area (Å²) < 4.78 is 11.7. The van der Waals surface area contributed by atoms with Crippen molar-refractivity contribution in [2.45, 2.75) is 82.5 Å². The topological polar surface area (TPSA) is 116 Å². The molecule has 1 saturated heterocycles. The number of methoxy groups -OCH3 is 1. The molecule has 3 saturated carbocycles. The third-order valence-corrected chi connectivity index (χ3v) is 9.94. The Morgan fingerprint density at radius 1 is 1.31 bits per heavy atom. The average molecular weight is 471 g/mol. The van der Waals surface area contributed by atoms with Crippen LogP contribution in [0.4, 0.5) is 0 Å². The van der Waals surface area contributed by atoms with Gasteiger partial charge in [-0.25, -0.2) is 0 Å². The number of hydrogen-bond donors (Lipinski definition) is 1. The van der Waals surface area contributed by atoms with E-state index in [4.69, 9.17) is 9.47 Å². The number of ketones is 1. The summed E-state index contributed by atoms with van der Waals surface area (Å²) in [6.07, 6.45) is 5.06. The van der Waals surface area contributed by atoms with E-state index in [1.807, 2.05) is 6.92 Å². The number of carboxylic acid groups (broad SMARTS) is 1. The van der Waals surface area contributed by atoms with E-state index in [0.717, 1.165) is 5.57 Å². The SMILES string of the molecule is COC(=O)C1CC2=CC(=O)CC[C@]2(C)[C@@]23OC2C[C@@]2(C)C(CC[C@@]2(O)CCC(=O)[O-])C13.[K+]. The zero-order valence-electron chi connectivity index (χ0n) is 19.4. The minimum absolute atomic E-state index is 0. The summed E-state index contributed by atoms with van der Waals surface area (Å²) in [5.74, 6) is -1.91. The van der Waals surface area contributed by atoms with Gasteiger partial charge in [0.05, 0.1) is 24.7 Å². The van der Waals surface area contributed by atoms with Gasteiger partial charge in [-0.05, 0) is 56.9 Å². The maximum atomic E-state index is 13.0. The zero-order valence-corrected chi connectivity index (χ0v) is 22.6. The molecule has 7 nitrogen and oxygen atoms in total. The van der Waals surface area contributed by atoms with Crippen molar-refractivity contribution < 1.29 is 85.5 Å². The standard InChI is InChI=1S/C24H32O7.K/c1-21-7-4-14(25)10-13(21)11-15(20(28)30-3)19-16-5-8-23(29,9-6-18(26)27)22(16,2)12-17-24(19,21)31-17;/h10,15-17,19,29H,4-9,11-12H2,1-3H3,(H,26,27);/q;+1/p-1/t15?,16?,17?,19?,21-,22-,23+,24+;/m0./s1. The van der Waals surface area contributed by atoms with Crippen LogP contribution in [0.5, 0.6) is 0 Å². The van der Waals surface area contributed by atoms with Gasteiger partial charge in [0.25, 0.3) is 0 Å². The Morgan fingerprint density at radius 3 is 2.69 bits per heavy atom. The van der Waals surface area contributed by atoms with Crippen LogP contribution in [0.3, 0.4) is 0 Å². The summed E-state index contributed by atoms with van der Waals surface area (Å²) in [5.41, 5.74) is -1.53. The number of carboxylic acids is 1. The smallest absolute Gasteiger partial charge is 0.550 e. The molecule has 4 fully saturated rings. The summed E-state index contributed by atoms with van der Waals surface area (Å²) in [6, 6.07) is 0. The summed E-state index contributed by atoms with van der Waals surface area (Å²) >= 11 is 0. The van der Waals surface area contributed by atoms with Gasteiger partial charge in [0.1, 0.15) is 5.60 Å². The van der Waals surface area contributed by atoms with Crippen LogP contribution in [-0.4, -0.2) is 47.2 Å². The van der Waals surface area contributed by atoms with E-state index < -0.39 is 28.5 Å². The zero-order chi connectivity index (χ0) is 22.4. The molecule has 0 aromatic carbocycles. The van der Waals surface area contributed by atoms with Crippen molar-refractivity contribution in [2.75, 3.05) is 7.11 Å². The Morgan fingerprint density at radius 2 is 2.03 bits per heavy atom. The van der Waals surface area contributed by atoms with Crippen molar-refractivity contribution in [3.63, 3.8) is 0 Å². The monoisotopic (exact) mass is 470 g/mol. The number of aliphatic carboxylic acids is 1. The number of ether oxygens (including phenoxy) is 2. The van der Waals surface area contributed by atoms with Crippen molar-refractivity contribution in [3.05, 3.63) is 11.6 Å². The normalized spacial score (nSPS) is 48.2. The fourth-order valence-corrected chi connectivity index (χ4v) is 8.22. The second-order valence-electron chi connectivity index (χ2n) is 10.9. The predicted octanol–water partition coefficient (Wildman–Crippen LogP) is -1.69. The van der Waals surface area contributed by atoms with Crippen molar-refractivity contribution in [3.8, 4) is 0 Å². The van der Waals surface area contributed by atoms with E-state index in [1.165, 1.54) is 7.11 Å². The van der Waals surface area contributed by atoms with Gasteiger partial charge >= 0.3 is 57.4 Å². The van der Waals surface area contributed by atoms with Gasteiger partial charge in [-0.15, -0.1) is 0 Å². The average Bonchev–Trinajstić information content (AvgIpc) is 3.38. The molecule has 5 aliphatic rings. The molecule has 4 unspecified atom stereocenters. The molecular weight excluding hydrogens is 439 g/mol. The molecule has 1 spiro atoms. The van der Waals surface area contributed by atoms with Gasteiger partial charge in [-0.2, -0.15) is 0 Å². The molecule has 1 N–H and O–H groups in total. The number of esters is 1. The van der Waals surface area contributed by atoms with Crippen LogP contribution >= 0.6 is 0 Å². The first kappa shape index (κ1) is 25.0. The minimum atomic E-state index is -1.16. The molecule has 170 valence electrons. The van der Waals surface area contributed by atoms with E-state index in [0.29, 0.717) is 38.5 Å². The van der Waals surface area contributed by atoms with E-state index in [-0.39, 0.29) is 99.3 Å². The van der Waals surface area contributed by atoms with E-state index in [1.54, 1.807) is 6.08 Å². The molecule has 5 rings (SSSR count). The van der Waals surface area contributed by atoms with Gasteiger partial charge in [0.2, 0.25) is 0 Å². The molecule has 1 heterocycles. The molecule has 1 aliphatic heterocycles. The van der Waals surface area contributed by atoms with Crippen molar-refractivity contribution in [2.24, 2.45) is 28.6 Å². The van der Waals surface area contributed by atoms with Gasteiger partial charge in [-0.3, -0.25) is 9.59 Å². The van der Waals surface area contributed by atoms with Crippen molar-refractivity contribution >= 4 is 17.7 Å². The first-order valence-electron chi connectivity index (χ1n) is 11.4. The second-order valence-corrected chi connectivity index (χ2v) is 10.9. The van der Waals surface area contributed by atoms with Gasteiger partial charge in [0, 0.05) is 29.1 Å². The van der Waals surface area contributed by atoms with Crippen molar-refractivity contribution in [1.29, 1.82) is 0 Å². The number of aliphatic hydroxyl groups is 1. The van der Waals surface area contributed by atoms with Gasteiger partial charge < -0.3 is 24.5 Å². The molecule has 8 heteroatoms. The number of hydrogen-bond acceptors (Lipinski definition) is 7. The van der Waals surface area contributed by atoms with Crippen LogP contribution < -0.4 is 56.5 Å². The first-order chi connectivity index (χ1) is 14.5. The predicted molar refractivity (Wildman–Crippen MR) is 106 cm³/mol. The first-order valence-corrected chi connectivity index (χ1v) is 11.4. The van der Waals surface area contributed by atoms with Crippen LogP contribution in [-0.2, 0) is 23.9 Å². The van der Waals surface area contributed by atoms with Crippen LogP contribution in [0, 0.1) is 28.6 Å². The summed E-state index contributed by atoms with van der Waals surface area (Å²) in [5, 5.41) is 22.7. The number of carbonyl (C=O) groups is 3. The van der Waals surface area contributed by atoms with Crippen LogP contribution in [0.15, 0.2) is 11.6 Å². The number of rotatable bonds is 4. The number of epoxide rings is 1. The Hall–Kier alpha value is -0.0936. The maximum absolute atomic E-state index is 13.0. The largest absolute Gasteiger partial charge is 1.00 e. The van der Waals surface area contributed by atoms with Crippen LogP contribution in [0.1, 0.15) is 65.2 Å². The van der Waals surface area contributed by atoms with E-state index >= 15 is 0 Å². The van der Waals surface area contributed by atoms with Crippen LogP contribution in [0.2, 0.25) is 0 Å². The molecule has 8 atom stereocenters. The number of carbonyl (C=O) groups excluding carboxylic acids is 3. The molecule has 4 aliphatic carbocycles. The van der Waals surface area contributed by atoms with E-state index in [2.05, 4.69) is 6.92 Å². The molecular formula is C24H31KO7. The Labute approximate surface area is 231 Å². The maximum Gasteiger partial charge on any atom is 1.00 e. The summed E-state index contributed by atoms with van der Waals surface area (Å²) in [7, 11) is 1.39. The molecule has 32 heavy (non-hydrogen) atoms. The molecule has 0 aromatic heterocycles. The third kappa shape index (κ3) is 3.09. The quantitative estimate of drug-likeness (QED) is 0.296. The third-order valence-electron chi connectivity index (χ3n) is 9.94. The molecule has 0 bridgehead atoms. The van der Waals surface area contributed by atoms with Gasteiger partial charge in [0.15, 0.2) is 5.78 Å². The van der Waals surface area contributed by atoms with E-state index in [9.17, 15) is 24.6 Å². The summed E-state index contributed by atoms with van der Waals surface area (Å²) in [6.45, 7) is 4.21. The Balaban J connectivity index is 0.00000245. The molecule has 0 aromatic rings. The Kier molecular flexibility index (Phi) is 6.23. The van der Waals surface area contributed by atoms with Crippen molar-refractivity contribution in [1.82, 2.24) is 0 Å².